The van der Waals surface area contributed by atoms with Gasteiger partial charge in [0.1, 0.15) is 0 Å². The minimum Gasteiger partial charge on any atom is -0.383 e. The Balaban J connectivity index is 3.38. The van der Waals surface area contributed by atoms with Gasteiger partial charge in [-0.2, -0.15) is 13.2 Å². The van der Waals surface area contributed by atoms with Gasteiger partial charge in [-0.3, -0.25) is 0 Å². The largest absolute Gasteiger partial charge is 0.401 e. The molecule has 11 heavy (non-hydrogen) atoms. The average Bonchev–Trinajstić information content (AvgIpc) is 1.83. The van der Waals surface area contributed by atoms with Crippen molar-refractivity contribution in [1.29, 1.82) is 0 Å². The van der Waals surface area contributed by atoms with Gasteiger partial charge in [0.25, 0.3) is 0 Å². The predicted molar refractivity (Wildman–Crippen MR) is 35.4 cm³/mol. The first-order chi connectivity index (χ1) is 4.95. The van der Waals surface area contributed by atoms with Crippen LogP contribution in [0.25, 0.3) is 0 Å². The normalized spacial score (nSPS) is 15.0. The molecular weight excluding hydrogens is 159 g/mol. The molecule has 0 saturated carbocycles. The molecule has 0 aliphatic heterocycles. The van der Waals surface area contributed by atoms with Crippen molar-refractivity contribution < 1.29 is 17.9 Å². The van der Waals surface area contributed by atoms with Crippen LogP contribution in [0.2, 0.25) is 0 Å². The molecule has 1 atom stereocenters. The summed E-state index contributed by atoms with van der Waals surface area (Å²) in [5.41, 5.74) is 0. The van der Waals surface area contributed by atoms with Crippen molar-refractivity contribution in [3.8, 4) is 0 Å². The van der Waals surface area contributed by atoms with Crippen molar-refractivity contribution >= 4 is 0 Å². The molecule has 1 N–H and O–H groups in total. The van der Waals surface area contributed by atoms with E-state index in [0.29, 0.717) is 0 Å². The summed E-state index contributed by atoms with van der Waals surface area (Å²) in [6.45, 7) is 0.961. The first-order valence-electron chi connectivity index (χ1n) is 3.25. The molecule has 68 valence electrons. The van der Waals surface area contributed by atoms with E-state index in [4.69, 9.17) is 0 Å². The Morgan fingerprint density at radius 3 is 2.36 bits per heavy atom. The van der Waals surface area contributed by atoms with E-state index in [1.54, 1.807) is 6.92 Å². The molecule has 0 radical (unpaired) electrons. The third-order valence-electron chi connectivity index (χ3n) is 1.07. The zero-order valence-electron chi connectivity index (χ0n) is 6.53. The van der Waals surface area contributed by atoms with E-state index in [0.717, 1.165) is 0 Å². The van der Waals surface area contributed by atoms with Gasteiger partial charge >= 0.3 is 6.18 Å². The Labute approximate surface area is 63.7 Å². The number of hydrogen-bond acceptors (Lipinski definition) is 2. The van der Waals surface area contributed by atoms with Crippen LogP contribution in [0.4, 0.5) is 13.2 Å². The zero-order valence-corrected chi connectivity index (χ0v) is 6.53. The van der Waals surface area contributed by atoms with Crippen molar-refractivity contribution in [2.75, 3.05) is 20.3 Å². The fourth-order valence-corrected chi connectivity index (χ4v) is 0.599. The van der Waals surface area contributed by atoms with Crippen LogP contribution in [0.5, 0.6) is 0 Å². The molecule has 0 fully saturated rings. The van der Waals surface area contributed by atoms with Gasteiger partial charge in [0.2, 0.25) is 0 Å². The van der Waals surface area contributed by atoms with Crippen LogP contribution in [0.3, 0.4) is 0 Å². The monoisotopic (exact) mass is 171 g/mol. The Bertz CT molecular complexity index is 104. The van der Waals surface area contributed by atoms with Crippen LogP contribution in [0, 0.1) is 0 Å². The number of nitrogens with one attached hydrogen (secondary N) is 1. The molecule has 0 aromatic heterocycles. The van der Waals surface area contributed by atoms with E-state index in [1.807, 2.05) is 0 Å². The van der Waals surface area contributed by atoms with E-state index < -0.39 is 12.7 Å². The van der Waals surface area contributed by atoms with Crippen LogP contribution in [-0.2, 0) is 4.74 Å². The smallest absolute Gasteiger partial charge is 0.383 e. The van der Waals surface area contributed by atoms with Crippen LogP contribution >= 0.6 is 0 Å². The Morgan fingerprint density at radius 1 is 1.45 bits per heavy atom. The summed E-state index contributed by atoms with van der Waals surface area (Å²) in [5.74, 6) is 0. The minimum absolute atomic E-state index is 0.262. The van der Waals surface area contributed by atoms with Crippen molar-refractivity contribution in [3.05, 3.63) is 0 Å². The summed E-state index contributed by atoms with van der Waals surface area (Å²) in [4.78, 5) is 0. The van der Waals surface area contributed by atoms with Crippen molar-refractivity contribution in [2.24, 2.45) is 0 Å². The summed E-state index contributed by atoms with van der Waals surface area (Å²) in [7, 11) is 1.45. The molecule has 0 aromatic carbocycles. The number of rotatable bonds is 4. The maximum atomic E-state index is 11.6. The van der Waals surface area contributed by atoms with E-state index in [-0.39, 0.29) is 12.6 Å². The van der Waals surface area contributed by atoms with E-state index in [1.165, 1.54) is 7.11 Å². The molecule has 0 spiro atoms. The Hall–Kier alpha value is -0.290. The number of halogens is 3. The SMILES string of the molecule is COCC(C)NCC(F)(F)F. The fourth-order valence-electron chi connectivity index (χ4n) is 0.599. The summed E-state index contributed by atoms with van der Waals surface area (Å²) in [5, 5.41) is 2.27. The second-order valence-electron chi connectivity index (χ2n) is 2.35. The van der Waals surface area contributed by atoms with Crippen molar-refractivity contribution in [1.82, 2.24) is 5.32 Å². The van der Waals surface area contributed by atoms with Gasteiger partial charge < -0.3 is 10.1 Å². The summed E-state index contributed by atoms with van der Waals surface area (Å²) >= 11 is 0. The minimum atomic E-state index is -4.14. The number of methoxy groups -OCH3 is 1. The highest BCUT2D eigenvalue weighted by Gasteiger charge is 2.27. The van der Waals surface area contributed by atoms with Gasteiger partial charge in [0.05, 0.1) is 13.2 Å². The lowest BCUT2D eigenvalue weighted by Crippen LogP contribution is -2.37. The lowest BCUT2D eigenvalue weighted by Gasteiger charge is -2.13. The fraction of sp³-hybridized carbons (Fsp3) is 1.00. The second-order valence-corrected chi connectivity index (χ2v) is 2.35. The molecule has 0 rings (SSSR count). The molecule has 1 unspecified atom stereocenters. The molecule has 5 heteroatoms. The quantitative estimate of drug-likeness (QED) is 0.685. The lowest BCUT2D eigenvalue weighted by molar-refractivity contribution is -0.126. The highest BCUT2D eigenvalue weighted by Crippen LogP contribution is 2.12. The molecule has 0 aliphatic rings. The first kappa shape index (κ1) is 10.7. The predicted octanol–water partition coefficient (Wildman–Crippen LogP) is 1.17. The average molecular weight is 171 g/mol. The molecule has 0 aromatic rings. The van der Waals surface area contributed by atoms with Crippen LogP contribution < -0.4 is 5.32 Å². The third-order valence-corrected chi connectivity index (χ3v) is 1.07. The van der Waals surface area contributed by atoms with Crippen molar-refractivity contribution in [2.45, 2.75) is 19.1 Å². The number of hydrogen-bond donors (Lipinski definition) is 1. The van der Waals surface area contributed by atoms with Crippen LogP contribution in [0.15, 0.2) is 0 Å². The van der Waals surface area contributed by atoms with E-state index in [9.17, 15) is 13.2 Å². The summed E-state index contributed by atoms with van der Waals surface area (Å²) in [6, 6.07) is -0.262. The van der Waals surface area contributed by atoms with E-state index in [2.05, 4.69) is 10.1 Å². The van der Waals surface area contributed by atoms with Gasteiger partial charge in [-0.05, 0) is 6.92 Å². The molecule has 0 bridgehead atoms. The second kappa shape index (κ2) is 4.56. The zero-order chi connectivity index (χ0) is 8.91. The Kier molecular flexibility index (Phi) is 4.44. The van der Waals surface area contributed by atoms with E-state index >= 15 is 0 Å². The maximum absolute atomic E-state index is 11.6. The van der Waals surface area contributed by atoms with Gasteiger partial charge in [0.15, 0.2) is 0 Å². The maximum Gasteiger partial charge on any atom is 0.401 e. The van der Waals surface area contributed by atoms with Gasteiger partial charge in [0, 0.05) is 13.2 Å². The van der Waals surface area contributed by atoms with Crippen LogP contribution in [-0.4, -0.2) is 32.5 Å². The highest BCUT2D eigenvalue weighted by molar-refractivity contribution is 4.62. The molecule has 0 aliphatic carbocycles. The number of alkyl halides is 3. The number of ether oxygens (including phenoxy) is 1. The highest BCUT2D eigenvalue weighted by atomic mass is 19.4. The van der Waals surface area contributed by atoms with Gasteiger partial charge in [-0.15, -0.1) is 0 Å². The van der Waals surface area contributed by atoms with Gasteiger partial charge in [-0.25, -0.2) is 0 Å². The molecule has 0 heterocycles. The molecule has 0 amide bonds. The molecule has 0 saturated heterocycles. The van der Waals surface area contributed by atoms with Gasteiger partial charge in [-0.1, -0.05) is 0 Å². The lowest BCUT2D eigenvalue weighted by atomic mass is 10.3. The Morgan fingerprint density at radius 2 is 2.00 bits per heavy atom. The summed E-state index contributed by atoms with van der Waals surface area (Å²) in [6.07, 6.45) is -4.14. The van der Waals surface area contributed by atoms with Crippen LogP contribution in [0.1, 0.15) is 6.92 Å². The summed E-state index contributed by atoms with van der Waals surface area (Å²) < 4.78 is 39.3. The molecular formula is C6H12F3NO. The standard InChI is InChI=1S/C6H12F3NO/c1-5(3-11-2)10-4-6(7,8)9/h5,10H,3-4H2,1-2H3. The first-order valence-corrected chi connectivity index (χ1v) is 3.25. The molecule has 2 nitrogen and oxygen atoms in total. The van der Waals surface area contributed by atoms with Crippen molar-refractivity contribution in [3.63, 3.8) is 0 Å². The third kappa shape index (κ3) is 7.61. The topological polar surface area (TPSA) is 21.3 Å².